The van der Waals surface area contributed by atoms with E-state index in [1.54, 1.807) is 12.1 Å². The van der Waals surface area contributed by atoms with Gasteiger partial charge in [-0.1, -0.05) is 78.4 Å². The maximum Gasteiger partial charge on any atom is 0.409 e. The van der Waals surface area contributed by atoms with Gasteiger partial charge in [0.2, 0.25) is 6.23 Å². The van der Waals surface area contributed by atoms with Crippen molar-refractivity contribution in [3.8, 4) is 0 Å². The molecule has 0 radical (unpaired) electrons. The number of ether oxygens (including phenoxy) is 3. The summed E-state index contributed by atoms with van der Waals surface area (Å²) in [7, 11) is -4.02. The topological polar surface area (TPSA) is 154 Å². The summed E-state index contributed by atoms with van der Waals surface area (Å²) in [6.07, 6.45) is -1.49. The molecular formula is C27H32N2O8S. The number of hydrogen-bond donors (Lipinski definition) is 3. The summed E-state index contributed by atoms with van der Waals surface area (Å²) in [6.45, 7) is 2.62. The number of nitrogens with one attached hydrogen (secondary N) is 1. The summed E-state index contributed by atoms with van der Waals surface area (Å²) in [5.41, 5.74) is 8.05. The van der Waals surface area contributed by atoms with Crippen molar-refractivity contribution in [2.45, 2.75) is 37.7 Å². The van der Waals surface area contributed by atoms with Crippen molar-refractivity contribution in [2.75, 3.05) is 13.2 Å². The molecule has 38 heavy (non-hydrogen) atoms. The molecule has 3 rings (SSSR count). The highest BCUT2D eigenvalue weighted by Gasteiger charge is 2.24. The lowest BCUT2D eigenvalue weighted by molar-refractivity contribution is -0.160. The number of esters is 1. The van der Waals surface area contributed by atoms with Crippen molar-refractivity contribution in [1.82, 2.24) is 5.32 Å². The van der Waals surface area contributed by atoms with Crippen LogP contribution in [0.5, 0.6) is 0 Å². The molecule has 0 fully saturated rings. The Bertz CT molecular complexity index is 1220. The van der Waals surface area contributed by atoms with E-state index in [1.165, 1.54) is 12.1 Å². The third-order valence-electron chi connectivity index (χ3n) is 4.85. The summed E-state index contributed by atoms with van der Waals surface area (Å²) in [5.74, 6) is -0.701. The maximum absolute atomic E-state index is 12.3. The van der Waals surface area contributed by atoms with Crippen molar-refractivity contribution in [2.24, 2.45) is 5.73 Å². The molecule has 11 heteroatoms. The van der Waals surface area contributed by atoms with Crippen LogP contribution in [0.4, 0.5) is 4.79 Å². The predicted molar refractivity (Wildman–Crippen MR) is 140 cm³/mol. The zero-order valence-corrected chi connectivity index (χ0v) is 21.8. The van der Waals surface area contributed by atoms with Gasteiger partial charge in [0.15, 0.2) is 0 Å². The molecular weight excluding hydrogens is 512 g/mol. The first kappa shape index (κ1) is 30.5. The molecule has 10 nitrogen and oxygen atoms in total. The fourth-order valence-corrected chi connectivity index (χ4v) is 3.32. The number of hydrogen-bond acceptors (Lipinski definition) is 8. The minimum atomic E-state index is -4.02. The Labute approximate surface area is 222 Å². The lowest BCUT2D eigenvalue weighted by Gasteiger charge is -2.18. The highest BCUT2D eigenvalue weighted by atomic mass is 32.2. The van der Waals surface area contributed by atoms with Crippen LogP contribution in [0.25, 0.3) is 0 Å². The van der Waals surface area contributed by atoms with Gasteiger partial charge in [0, 0.05) is 0 Å². The number of aryl methyl sites for hydroxylation is 1. The molecule has 3 aromatic carbocycles. The number of carbonyl (C=O) groups is 2. The van der Waals surface area contributed by atoms with E-state index in [-0.39, 0.29) is 24.7 Å². The summed E-state index contributed by atoms with van der Waals surface area (Å²) < 4.78 is 45.3. The van der Waals surface area contributed by atoms with Crippen LogP contribution in [0.1, 0.15) is 23.1 Å². The normalized spacial score (nSPS) is 11.4. The van der Waals surface area contributed by atoms with Crippen LogP contribution in [0.15, 0.2) is 89.8 Å². The van der Waals surface area contributed by atoms with Crippen LogP contribution < -0.4 is 11.1 Å². The van der Waals surface area contributed by atoms with Gasteiger partial charge in [0.05, 0.1) is 11.5 Å². The second-order valence-electron chi connectivity index (χ2n) is 7.98. The molecule has 0 bridgehead atoms. The lowest BCUT2D eigenvalue weighted by atomic mass is 10.2. The Hall–Kier alpha value is -3.77. The van der Waals surface area contributed by atoms with Gasteiger partial charge < -0.3 is 19.9 Å². The van der Waals surface area contributed by atoms with Gasteiger partial charge in [-0.05, 0) is 43.1 Å². The maximum atomic E-state index is 12.3. The number of carbonyl (C=O) groups excluding carboxylic acids is 2. The summed E-state index contributed by atoms with van der Waals surface area (Å²) >= 11 is 0. The molecule has 0 aromatic heterocycles. The molecule has 1 atom stereocenters. The SMILES string of the molecule is Cc1ccc(S(=O)(=O)O)cc1.NCCCO[C@H](NC(=O)OCc1ccccc1)C(=O)OCc1ccccc1. The van der Waals surface area contributed by atoms with E-state index in [9.17, 15) is 18.0 Å². The van der Waals surface area contributed by atoms with Crippen molar-refractivity contribution >= 4 is 22.2 Å². The average molecular weight is 545 g/mol. The molecule has 204 valence electrons. The van der Waals surface area contributed by atoms with E-state index in [0.717, 1.165) is 16.7 Å². The summed E-state index contributed by atoms with van der Waals surface area (Å²) in [6, 6.07) is 24.4. The molecule has 3 aromatic rings. The zero-order valence-electron chi connectivity index (χ0n) is 21.0. The highest BCUT2D eigenvalue weighted by Crippen LogP contribution is 2.08. The fourth-order valence-electron chi connectivity index (χ4n) is 2.84. The third kappa shape index (κ3) is 12.0. The first-order valence-electron chi connectivity index (χ1n) is 11.7. The minimum absolute atomic E-state index is 0.0666. The first-order chi connectivity index (χ1) is 18.2. The van der Waals surface area contributed by atoms with Gasteiger partial charge in [-0.3, -0.25) is 9.87 Å². The van der Waals surface area contributed by atoms with Crippen molar-refractivity contribution in [3.05, 3.63) is 102 Å². The van der Waals surface area contributed by atoms with Crippen LogP contribution in [-0.4, -0.2) is 44.4 Å². The number of nitrogens with two attached hydrogens (primary N) is 1. The van der Waals surface area contributed by atoms with E-state index >= 15 is 0 Å². The predicted octanol–water partition coefficient (Wildman–Crippen LogP) is 3.59. The second-order valence-corrected chi connectivity index (χ2v) is 9.40. The molecule has 4 N–H and O–H groups in total. The van der Waals surface area contributed by atoms with Crippen LogP contribution in [0.2, 0.25) is 0 Å². The lowest BCUT2D eigenvalue weighted by Crippen LogP contribution is -2.44. The van der Waals surface area contributed by atoms with Crippen LogP contribution in [0.3, 0.4) is 0 Å². The Kier molecular flexibility index (Phi) is 12.9. The molecule has 0 saturated carbocycles. The molecule has 0 aliphatic heterocycles. The van der Waals surface area contributed by atoms with E-state index in [4.69, 9.17) is 24.5 Å². The molecule has 0 saturated heterocycles. The minimum Gasteiger partial charge on any atom is -0.457 e. The van der Waals surface area contributed by atoms with Crippen LogP contribution in [-0.2, 0) is 42.3 Å². The first-order valence-corrected chi connectivity index (χ1v) is 13.2. The van der Waals surface area contributed by atoms with Crippen LogP contribution in [0, 0.1) is 6.92 Å². The average Bonchev–Trinajstić information content (AvgIpc) is 2.91. The third-order valence-corrected chi connectivity index (χ3v) is 5.72. The summed E-state index contributed by atoms with van der Waals surface area (Å²) in [4.78, 5) is 24.2. The van der Waals surface area contributed by atoms with Gasteiger partial charge in [0.25, 0.3) is 10.1 Å². The van der Waals surface area contributed by atoms with Gasteiger partial charge in [-0.25, -0.2) is 9.59 Å². The van der Waals surface area contributed by atoms with Gasteiger partial charge in [-0.15, -0.1) is 0 Å². The quantitative estimate of drug-likeness (QED) is 0.142. The molecule has 1 amide bonds. The molecule has 0 unspecified atom stereocenters. The monoisotopic (exact) mass is 544 g/mol. The summed E-state index contributed by atoms with van der Waals surface area (Å²) in [5, 5.41) is 2.38. The molecule has 0 aliphatic rings. The number of alkyl carbamates (subject to hydrolysis) is 1. The molecule has 0 heterocycles. The Morgan fingerprint density at radius 3 is 1.89 bits per heavy atom. The Morgan fingerprint density at radius 1 is 0.868 bits per heavy atom. The number of amides is 1. The number of benzene rings is 3. The largest absolute Gasteiger partial charge is 0.457 e. The Morgan fingerprint density at radius 2 is 1.39 bits per heavy atom. The standard InChI is InChI=1S/C20H24N2O5.C7H8O3S/c21-12-7-13-25-18(19(23)26-14-16-8-3-1-4-9-16)22-20(24)27-15-17-10-5-2-6-11-17;1-6-2-4-7(5-3-6)11(8,9)10/h1-6,8-11,18H,7,12-15,21H2,(H,22,24);2-5H,1H3,(H,8,9,10)/t18-;/m0./s1. The van der Waals surface area contributed by atoms with Crippen molar-refractivity contribution in [1.29, 1.82) is 0 Å². The van der Waals surface area contributed by atoms with Crippen LogP contribution >= 0.6 is 0 Å². The van der Waals surface area contributed by atoms with Gasteiger partial charge >= 0.3 is 12.1 Å². The van der Waals surface area contributed by atoms with Gasteiger partial charge in [-0.2, -0.15) is 8.42 Å². The van der Waals surface area contributed by atoms with Crippen molar-refractivity contribution in [3.63, 3.8) is 0 Å². The van der Waals surface area contributed by atoms with Gasteiger partial charge in [0.1, 0.15) is 13.2 Å². The smallest absolute Gasteiger partial charge is 0.409 e. The van der Waals surface area contributed by atoms with E-state index in [1.807, 2.05) is 67.6 Å². The van der Waals surface area contributed by atoms with E-state index < -0.39 is 28.4 Å². The zero-order chi connectivity index (χ0) is 27.8. The van der Waals surface area contributed by atoms with Crippen molar-refractivity contribution < 1.29 is 36.8 Å². The second kappa shape index (κ2) is 16.2. The fraction of sp³-hybridized carbons (Fsp3) is 0.259. The molecule has 0 aliphatic carbocycles. The molecule has 0 spiro atoms. The Balaban J connectivity index is 0.000000384. The highest BCUT2D eigenvalue weighted by molar-refractivity contribution is 7.85. The number of rotatable bonds is 11. The van der Waals surface area contributed by atoms with E-state index in [2.05, 4.69) is 5.32 Å². The van der Waals surface area contributed by atoms with E-state index in [0.29, 0.717) is 13.0 Å².